The van der Waals surface area contributed by atoms with E-state index in [1.807, 2.05) is 0 Å². The van der Waals surface area contributed by atoms with E-state index in [2.05, 4.69) is 5.32 Å². The first kappa shape index (κ1) is 22.6. The molecule has 0 aromatic heterocycles. The lowest BCUT2D eigenvalue weighted by atomic mass is 9.75. The average Bonchev–Trinajstić information content (AvgIpc) is 3.65. The number of nitrogens with one attached hydrogen (secondary N) is 1. The second-order valence-corrected chi connectivity index (χ2v) is 11.3. The van der Waals surface area contributed by atoms with Crippen LogP contribution in [0.2, 0.25) is 5.02 Å². The largest absolute Gasteiger partial charge is 0.490 e. The number of carbonyl (C=O) groups is 1. The number of halogens is 3. The van der Waals surface area contributed by atoms with Gasteiger partial charge in [0.05, 0.1) is 23.2 Å². The number of amides is 1. The summed E-state index contributed by atoms with van der Waals surface area (Å²) in [5.74, 6) is -3.13. The Kier molecular flexibility index (Phi) is 5.61. The van der Waals surface area contributed by atoms with E-state index in [0.717, 1.165) is 25.0 Å². The van der Waals surface area contributed by atoms with E-state index in [4.69, 9.17) is 21.1 Å². The summed E-state index contributed by atoms with van der Waals surface area (Å²) in [7, 11) is -4.27. The summed E-state index contributed by atoms with van der Waals surface area (Å²) in [5, 5.41) is 3.16. The molecule has 0 unspecified atom stereocenters. The fourth-order valence-electron chi connectivity index (χ4n) is 4.94. The van der Waals surface area contributed by atoms with Gasteiger partial charge in [-0.1, -0.05) is 11.6 Å². The Balaban J connectivity index is 1.65. The number of fused-ring (bicyclic) bond motifs is 3. The second kappa shape index (κ2) is 8.21. The minimum atomic E-state index is -4.27. The van der Waals surface area contributed by atoms with Crippen LogP contribution < -0.4 is 10.1 Å². The number of hydrogen-bond donors (Lipinski definition) is 1. The van der Waals surface area contributed by atoms with E-state index in [-0.39, 0.29) is 48.5 Å². The Bertz CT molecular complexity index is 1200. The van der Waals surface area contributed by atoms with Gasteiger partial charge in [0.2, 0.25) is 5.91 Å². The van der Waals surface area contributed by atoms with Gasteiger partial charge < -0.3 is 14.8 Å². The van der Waals surface area contributed by atoms with Crippen molar-refractivity contribution in [3.05, 3.63) is 58.6 Å². The van der Waals surface area contributed by atoms with Crippen molar-refractivity contribution in [1.29, 1.82) is 0 Å². The third kappa shape index (κ3) is 3.61. The predicted molar refractivity (Wildman–Crippen MR) is 116 cm³/mol. The Morgan fingerprint density at radius 2 is 1.82 bits per heavy atom. The topological polar surface area (TPSA) is 81.7 Å². The van der Waals surface area contributed by atoms with Crippen LogP contribution in [0.25, 0.3) is 0 Å². The van der Waals surface area contributed by atoms with Crippen molar-refractivity contribution in [3.8, 4) is 5.75 Å². The van der Waals surface area contributed by atoms with Crippen molar-refractivity contribution in [1.82, 2.24) is 5.32 Å². The molecule has 176 valence electrons. The highest BCUT2D eigenvalue weighted by molar-refractivity contribution is 7.92. The van der Waals surface area contributed by atoms with Crippen LogP contribution in [0.5, 0.6) is 5.75 Å². The molecular weight excluding hydrogens is 476 g/mol. The smallest absolute Gasteiger partial charge is 0.223 e. The van der Waals surface area contributed by atoms with Crippen LogP contribution in [0, 0.1) is 23.5 Å². The first-order chi connectivity index (χ1) is 15.8. The van der Waals surface area contributed by atoms with Crippen LogP contribution in [-0.4, -0.2) is 40.2 Å². The number of hydrogen-bond acceptors (Lipinski definition) is 5. The summed E-state index contributed by atoms with van der Waals surface area (Å²) < 4.78 is 67.9. The molecule has 6 nitrogen and oxygen atoms in total. The molecule has 1 saturated heterocycles. The minimum absolute atomic E-state index is 0.0112. The van der Waals surface area contributed by atoms with E-state index in [9.17, 15) is 17.6 Å². The molecule has 1 aliphatic carbocycles. The van der Waals surface area contributed by atoms with E-state index < -0.39 is 44.0 Å². The zero-order valence-electron chi connectivity index (χ0n) is 17.5. The molecule has 3 aliphatic rings. The zero-order chi connectivity index (χ0) is 23.4. The lowest BCUT2D eigenvalue weighted by Gasteiger charge is -2.50. The van der Waals surface area contributed by atoms with Crippen LogP contribution in [0.1, 0.15) is 24.8 Å². The van der Waals surface area contributed by atoms with Gasteiger partial charge in [0.15, 0.2) is 21.4 Å². The first-order valence-electron chi connectivity index (χ1n) is 10.8. The quantitative estimate of drug-likeness (QED) is 0.682. The molecule has 1 saturated carbocycles. The van der Waals surface area contributed by atoms with Gasteiger partial charge in [0, 0.05) is 30.0 Å². The summed E-state index contributed by atoms with van der Waals surface area (Å²) in [6, 6.07) is 7.43. The molecule has 0 bridgehead atoms. The zero-order valence-corrected chi connectivity index (χ0v) is 19.1. The molecule has 0 spiro atoms. The number of carbonyl (C=O) groups excluding carboxylic acids is 1. The molecule has 0 radical (unpaired) electrons. The Hall–Kier alpha value is -2.23. The molecule has 5 rings (SSSR count). The summed E-state index contributed by atoms with van der Waals surface area (Å²) >= 11 is 5.95. The lowest BCUT2D eigenvalue weighted by molar-refractivity contribution is -0.124. The summed E-state index contributed by atoms with van der Waals surface area (Å²) in [6.45, 7) is -0.166. The average molecular weight is 498 g/mol. The molecule has 2 aromatic rings. The van der Waals surface area contributed by atoms with Crippen molar-refractivity contribution in [3.63, 3.8) is 0 Å². The molecule has 2 fully saturated rings. The highest BCUT2D eigenvalue weighted by atomic mass is 35.5. The molecule has 1 amide bonds. The van der Waals surface area contributed by atoms with E-state index >= 15 is 4.39 Å². The maximum Gasteiger partial charge on any atom is 0.223 e. The fourth-order valence-corrected chi connectivity index (χ4v) is 7.41. The van der Waals surface area contributed by atoms with Crippen LogP contribution in [0.4, 0.5) is 8.78 Å². The van der Waals surface area contributed by atoms with Crippen molar-refractivity contribution < 1.29 is 31.5 Å². The maximum atomic E-state index is 15.3. The van der Waals surface area contributed by atoms with Crippen LogP contribution in [0.15, 0.2) is 41.3 Å². The molecule has 2 heterocycles. The fraction of sp³-hybridized carbons (Fsp3) is 0.435. The Morgan fingerprint density at radius 1 is 1.12 bits per heavy atom. The summed E-state index contributed by atoms with van der Waals surface area (Å²) in [5.41, 5.74) is -0.324. The third-order valence-electron chi connectivity index (χ3n) is 6.77. The Morgan fingerprint density at radius 3 is 2.52 bits per heavy atom. The second-order valence-electron chi connectivity index (χ2n) is 8.68. The number of ether oxygens (including phenoxy) is 2. The van der Waals surface area contributed by atoms with Crippen molar-refractivity contribution in [2.75, 3.05) is 19.8 Å². The van der Waals surface area contributed by atoms with Gasteiger partial charge in [-0.25, -0.2) is 17.2 Å². The molecule has 1 N–H and O–H groups in total. The predicted octanol–water partition coefficient (Wildman–Crippen LogP) is 3.61. The van der Waals surface area contributed by atoms with E-state index in [0.29, 0.717) is 5.02 Å². The van der Waals surface area contributed by atoms with Gasteiger partial charge in [-0.3, -0.25) is 4.79 Å². The van der Waals surface area contributed by atoms with Crippen LogP contribution in [-0.2, 0) is 24.1 Å². The van der Waals surface area contributed by atoms with Gasteiger partial charge in [0.25, 0.3) is 0 Å². The van der Waals surface area contributed by atoms with E-state index in [1.165, 1.54) is 24.3 Å². The standard InChI is InChI=1S/C23H22ClF2NO5S/c24-14-3-5-15(6-4-14)33(29,30)23-9-10-31-19(11-27-22(28)13-1-2-13)16(23)12-32-21-18(26)8-7-17(25)20(21)23/h3-8,13,16,19H,1-2,9-12H2,(H,27,28)/t16-,19-,23-/m0/s1. The van der Waals surface area contributed by atoms with Gasteiger partial charge >= 0.3 is 0 Å². The molecule has 33 heavy (non-hydrogen) atoms. The molecular formula is C23H22ClF2NO5S. The van der Waals surface area contributed by atoms with Gasteiger partial charge in [-0.05, 0) is 55.7 Å². The van der Waals surface area contributed by atoms with Gasteiger partial charge in [0.1, 0.15) is 10.6 Å². The third-order valence-corrected chi connectivity index (χ3v) is 9.59. The highest BCUT2D eigenvalue weighted by Crippen LogP contribution is 2.55. The number of rotatable bonds is 5. The normalized spacial score (nSPS) is 26.6. The first-order valence-corrected chi connectivity index (χ1v) is 12.6. The maximum absolute atomic E-state index is 15.3. The van der Waals surface area contributed by atoms with E-state index in [1.54, 1.807) is 0 Å². The number of sulfone groups is 1. The van der Waals surface area contributed by atoms with Gasteiger partial charge in [-0.15, -0.1) is 0 Å². The summed E-state index contributed by atoms with van der Waals surface area (Å²) in [6.07, 6.45) is 0.777. The lowest BCUT2D eigenvalue weighted by Crippen LogP contribution is -2.59. The van der Waals surface area contributed by atoms with Gasteiger partial charge in [-0.2, -0.15) is 0 Å². The molecule has 3 atom stereocenters. The van der Waals surface area contributed by atoms with Crippen molar-refractivity contribution in [2.24, 2.45) is 11.8 Å². The molecule has 2 aromatic carbocycles. The van der Waals surface area contributed by atoms with Crippen molar-refractivity contribution >= 4 is 27.3 Å². The minimum Gasteiger partial charge on any atom is -0.490 e. The summed E-state index contributed by atoms with van der Waals surface area (Å²) in [4.78, 5) is 12.1. The van der Waals surface area contributed by atoms with Crippen LogP contribution in [0.3, 0.4) is 0 Å². The molecule has 10 heteroatoms. The monoisotopic (exact) mass is 497 g/mol. The number of benzene rings is 2. The Labute approximate surface area is 195 Å². The molecule has 2 aliphatic heterocycles. The highest BCUT2D eigenvalue weighted by Gasteiger charge is 2.61. The van der Waals surface area contributed by atoms with Crippen LogP contribution >= 0.6 is 11.6 Å². The SMILES string of the molecule is O=C(NC[C@@H]1OCC[C@@]2(S(=O)(=O)c3ccc(Cl)cc3)c3c(F)ccc(F)c3OC[C@@H]12)C1CC1. The van der Waals surface area contributed by atoms with Crippen molar-refractivity contribution in [2.45, 2.75) is 35.0 Å².